The van der Waals surface area contributed by atoms with Crippen molar-refractivity contribution in [2.75, 3.05) is 5.43 Å². The van der Waals surface area contributed by atoms with Gasteiger partial charge in [-0.2, -0.15) is 0 Å². The molecule has 2 rings (SSSR count). The van der Waals surface area contributed by atoms with E-state index in [2.05, 4.69) is 11.5 Å². The zero-order chi connectivity index (χ0) is 9.26. The number of nitrogens with one attached hydrogen (secondary N) is 1. The van der Waals surface area contributed by atoms with Crippen LogP contribution in [0.2, 0.25) is 0 Å². The van der Waals surface area contributed by atoms with Crippen molar-refractivity contribution in [2.24, 2.45) is 11.6 Å². The van der Waals surface area contributed by atoms with Gasteiger partial charge in [0.2, 0.25) is 0 Å². The molecule has 1 atom stereocenters. The number of benzene rings is 1. The summed E-state index contributed by atoms with van der Waals surface area (Å²) in [6, 6.07) is 6.48. The molecule has 3 nitrogen and oxygen atoms in total. The van der Waals surface area contributed by atoms with Crippen LogP contribution in [0.15, 0.2) is 18.2 Å². The van der Waals surface area contributed by atoms with E-state index in [-0.39, 0.29) is 0 Å². The minimum Gasteiger partial charge on any atom is -0.327 e. The molecule has 0 spiro atoms. The first-order chi connectivity index (χ1) is 6.31. The summed E-state index contributed by atoms with van der Waals surface area (Å²) in [5, 5.41) is 0. The first kappa shape index (κ1) is 8.53. The number of hydrogen-bond acceptors (Lipinski definition) is 3. The molecule has 1 aliphatic carbocycles. The average molecular weight is 177 g/mol. The summed E-state index contributed by atoms with van der Waals surface area (Å²) in [4.78, 5) is 0. The molecule has 0 bridgehead atoms. The molecule has 0 heterocycles. The second-order valence-corrected chi connectivity index (χ2v) is 3.59. The van der Waals surface area contributed by atoms with Crippen molar-refractivity contribution in [3.05, 3.63) is 29.3 Å². The third-order valence-corrected chi connectivity index (χ3v) is 2.68. The average Bonchev–Trinajstić information content (AvgIpc) is 2.16. The first-order valence-electron chi connectivity index (χ1n) is 4.64. The molecule has 0 aromatic heterocycles. The summed E-state index contributed by atoms with van der Waals surface area (Å²) in [7, 11) is 0. The lowest BCUT2D eigenvalue weighted by atomic mass is 9.88. The zero-order valence-corrected chi connectivity index (χ0v) is 7.59. The van der Waals surface area contributed by atoms with Crippen LogP contribution in [0.25, 0.3) is 0 Å². The number of hydrazine groups is 1. The Kier molecular flexibility index (Phi) is 2.20. The zero-order valence-electron chi connectivity index (χ0n) is 7.59. The highest BCUT2D eigenvalue weighted by Crippen LogP contribution is 2.26. The summed E-state index contributed by atoms with van der Waals surface area (Å²) in [6.45, 7) is 0. The molecular formula is C10H15N3. The Morgan fingerprint density at radius 1 is 1.38 bits per heavy atom. The van der Waals surface area contributed by atoms with Gasteiger partial charge in [0.1, 0.15) is 0 Å². The first-order valence-corrected chi connectivity index (χ1v) is 4.64. The lowest BCUT2D eigenvalue weighted by Crippen LogP contribution is -2.28. The Hall–Kier alpha value is -1.06. The van der Waals surface area contributed by atoms with E-state index in [1.807, 2.05) is 12.1 Å². The molecule has 3 heteroatoms. The fourth-order valence-electron chi connectivity index (χ4n) is 1.97. The van der Waals surface area contributed by atoms with Crippen LogP contribution >= 0.6 is 0 Å². The number of rotatable bonds is 1. The smallest absolute Gasteiger partial charge is 0.0519 e. The van der Waals surface area contributed by atoms with E-state index < -0.39 is 0 Å². The minimum absolute atomic E-state index is 0.320. The molecule has 13 heavy (non-hydrogen) atoms. The lowest BCUT2D eigenvalue weighted by molar-refractivity contribution is 0.577. The Bertz CT molecular complexity index is 309. The topological polar surface area (TPSA) is 64.1 Å². The van der Waals surface area contributed by atoms with Crippen LogP contribution in [0, 0.1) is 0 Å². The van der Waals surface area contributed by atoms with Gasteiger partial charge in [-0.15, -0.1) is 0 Å². The molecule has 0 unspecified atom stereocenters. The van der Waals surface area contributed by atoms with Crippen molar-refractivity contribution in [3.63, 3.8) is 0 Å². The fraction of sp³-hybridized carbons (Fsp3) is 0.400. The number of nitrogens with two attached hydrogens (primary N) is 2. The molecule has 0 saturated heterocycles. The molecule has 5 N–H and O–H groups in total. The van der Waals surface area contributed by atoms with E-state index in [0.29, 0.717) is 6.04 Å². The Morgan fingerprint density at radius 3 is 3.00 bits per heavy atom. The molecule has 0 saturated carbocycles. The van der Waals surface area contributed by atoms with Crippen molar-refractivity contribution in [1.82, 2.24) is 0 Å². The van der Waals surface area contributed by atoms with Crippen molar-refractivity contribution in [1.29, 1.82) is 0 Å². The molecule has 0 aliphatic heterocycles. The molecule has 0 fully saturated rings. The largest absolute Gasteiger partial charge is 0.327 e. The molecule has 1 aromatic carbocycles. The normalized spacial score (nSPS) is 20.9. The van der Waals surface area contributed by atoms with Gasteiger partial charge in [0.15, 0.2) is 0 Å². The van der Waals surface area contributed by atoms with E-state index in [4.69, 9.17) is 11.6 Å². The predicted octanol–water partition coefficient (Wildman–Crippen LogP) is 0.788. The van der Waals surface area contributed by atoms with Crippen LogP contribution in [0.5, 0.6) is 0 Å². The number of hydrogen-bond donors (Lipinski definition) is 3. The van der Waals surface area contributed by atoms with Crippen molar-refractivity contribution in [2.45, 2.75) is 25.3 Å². The van der Waals surface area contributed by atoms with Crippen molar-refractivity contribution >= 4 is 5.69 Å². The third-order valence-electron chi connectivity index (χ3n) is 2.68. The molecular weight excluding hydrogens is 162 g/mol. The van der Waals surface area contributed by atoms with Gasteiger partial charge in [-0.25, -0.2) is 0 Å². The van der Waals surface area contributed by atoms with Gasteiger partial charge in [0.25, 0.3) is 0 Å². The summed E-state index contributed by atoms with van der Waals surface area (Å²) in [6.07, 6.45) is 3.08. The van der Waals surface area contributed by atoms with Gasteiger partial charge < -0.3 is 11.2 Å². The van der Waals surface area contributed by atoms with E-state index in [0.717, 1.165) is 24.9 Å². The maximum atomic E-state index is 5.89. The van der Waals surface area contributed by atoms with Gasteiger partial charge in [0.05, 0.1) is 5.69 Å². The highest BCUT2D eigenvalue weighted by atomic mass is 15.2. The monoisotopic (exact) mass is 177 g/mol. The Balaban J connectivity index is 2.39. The van der Waals surface area contributed by atoms with Crippen LogP contribution in [0.4, 0.5) is 5.69 Å². The molecule has 0 amide bonds. The standard InChI is InChI=1S/C10H15N3/c11-8-4-5-9-7(6-8)2-1-3-10(9)13-12/h1-3,8,13H,4-6,11-12H2/t8-/m0/s1. The predicted molar refractivity (Wildman–Crippen MR) is 54.3 cm³/mol. The Morgan fingerprint density at radius 2 is 2.23 bits per heavy atom. The molecule has 1 aromatic rings. The lowest BCUT2D eigenvalue weighted by Gasteiger charge is -2.23. The summed E-state index contributed by atoms with van der Waals surface area (Å²) >= 11 is 0. The highest BCUT2D eigenvalue weighted by molar-refractivity contribution is 5.55. The van der Waals surface area contributed by atoms with Gasteiger partial charge in [-0.3, -0.25) is 5.84 Å². The number of anilines is 1. The SMILES string of the molecule is NNc1cccc2c1CC[C@H](N)C2. The van der Waals surface area contributed by atoms with E-state index in [1.54, 1.807) is 0 Å². The van der Waals surface area contributed by atoms with Gasteiger partial charge in [-0.05, 0) is 36.5 Å². The van der Waals surface area contributed by atoms with Gasteiger partial charge >= 0.3 is 0 Å². The van der Waals surface area contributed by atoms with E-state index >= 15 is 0 Å². The highest BCUT2D eigenvalue weighted by Gasteiger charge is 2.17. The molecule has 0 radical (unpaired) electrons. The van der Waals surface area contributed by atoms with Gasteiger partial charge in [0, 0.05) is 6.04 Å². The van der Waals surface area contributed by atoms with Crippen molar-refractivity contribution in [3.8, 4) is 0 Å². The second-order valence-electron chi connectivity index (χ2n) is 3.59. The van der Waals surface area contributed by atoms with Crippen LogP contribution in [0.1, 0.15) is 17.5 Å². The van der Waals surface area contributed by atoms with E-state index in [9.17, 15) is 0 Å². The third kappa shape index (κ3) is 1.53. The van der Waals surface area contributed by atoms with Crippen LogP contribution in [0.3, 0.4) is 0 Å². The summed E-state index contributed by atoms with van der Waals surface area (Å²) < 4.78 is 0. The van der Waals surface area contributed by atoms with Gasteiger partial charge in [-0.1, -0.05) is 12.1 Å². The maximum Gasteiger partial charge on any atom is 0.0519 e. The van der Waals surface area contributed by atoms with E-state index in [1.165, 1.54) is 11.1 Å². The summed E-state index contributed by atoms with van der Waals surface area (Å²) in [5.41, 5.74) is 12.3. The van der Waals surface area contributed by atoms with Crippen LogP contribution in [-0.4, -0.2) is 6.04 Å². The fourth-order valence-corrected chi connectivity index (χ4v) is 1.97. The van der Waals surface area contributed by atoms with Crippen molar-refractivity contribution < 1.29 is 0 Å². The molecule has 70 valence electrons. The number of nitrogen functional groups attached to an aromatic ring is 1. The second kappa shape index (κ2) is 3.36. The number of fused-ring (bicyclic) bond motifs is 1. The van der Waals surface area contributed by atoms with Crippen LogP contribution in [-0.2, 0) is 12.8 Å². The quantitative estimate of drug-likeness (QED) is 0.439. The minimum atomic E-state index is 0.320. The Labute approximate surface area is 78.1 Å². The van der Waals surface area contributed by atoms with Crippen LogP contribution < -0.4 is 17.0 Å². The summed E-state index contributed by atoms with van der Waals surface area (Å²) in [5.74, 6) is 5.43. The maximum absolute atomic E-state index is 5.89. The molecule has 1 aliphatic rings.